The van der Waals surface area contributed by atoms with Crippen LogP contribution >= 0.6 is 0 Å². The number of hydrogen-bond acceptors (Lipinski definition) is 5. The third kappa shape index (κ3) is 5.70. The molecular formula is C21H27N3O4. The van der Waals surface area contributed by atoms with Gasteiger partial charge in [0, 0.05) is 24.3 Å². The van der Waals surface area contributed by atoms with Gasteiger partial charge in [-0.3, -0.25) is 14.6 Å². The number of nitrogens with one attached hydrogen (secondary N) is 2. The molecule has 0 saturated heterocycles. The Hall–Kier alpha value is -3.09. The van der Waals surface area contributed by atoms with Crippen molar-refractivity contribution in [3.05, 3.63) is 53.3 Å². The van der Waals surface area contributed by atoms with E-state index >= 15 is 0 Å². The number of rotatable bonds is 9. The topological polar surface area (TPSA) is 89.6 Å². The van der Waals surface area contributed by atoms with E-state index in [2.05, 4.69) is 15.6 Å². The van der Waals surface area contributed by atoms with Gasteiger partial charge in [-0.1, -0.05) is 13.0 Å². The second-order valence-electron chi connectivity index (χ2n) is 6.41. The highest BCUT2D eigenvalue weighted by molar-refractivity contribution is 5.98. The highest BCUT2D eigenvalue weighted by atomic mass is 16.5. The van der Waals surface area contributed by atoms with Crippen LogP contribution in [-0.2, 0) is 6.42 Å². The standard InChI is InChI=1S/C21H27N3O4/c1-5-14(2)24-20(25)16-9-11-22-17(13-16)21(26)23-10-8-15-6-7-18(27-3)19(12-15)28-4/h6-7,9,11-14H,5,8,10H2,1-4H3,(H,23,26)(H,24,25). The lowest BCUT2D eigenvalue weighted by atomic mass is 10.1. The fourth-order valence-electron chi connectivity index (χ4n) is 2.55. The fourth-order valence-corrected chi connectivity index (χ4v) is 2.55. The SMILES string of the molecule is CCC(C)NC(=O)c1ccnc(C(=O)NCCc2ccc(OC)c(OC)c2)c1. The molecule has 1 unspecified atom stereocenters. The molecule has 1 aromatic carbocycles. The van der Waals surface area contributed by atoms with Crippen molar-refractivity contribution in [2.75, 3.05) is 20.8 Å². The lowest BCUT2D eigenvalue weighted by Gasteiger charge is -2.12. The third-order valence-corrected chi connectivity index (χ3v) is 4.39. The number of nitrogens with zero attached hydrogens (tertiary/aromatic N) is 1. The van der Waals surface area contributed by atoms with Crippen LogP contribution in [0.2, 0.25) is 0 Å². The van der Waals surface area contributed by atoms with E-state index in [0.29, 0.717) is 30.0 Å². The third-order valence-electron chi connectivity index (χ3n) is 4.39. The average Bonchev–Trinajstić information content (AvgIpc) is 2.73. The largest absolute Gasteiger partial charge is 0.493 e. The molecule has 0 spiro atoms. The molecule has 2 amide bonds. The van der Waals surface area contributed by atoms with Crippen LogP contribution in [0.5, 0.6) is 11.5 Å². The summed E-state index contributed by atoms with van der Waals surface area (Å²) < 4.78 is 10.5. The zero-order chi connectivity index (χ0) is 20.5. The molecule has 1 atom stereocenters. The minimum atomic E-state index is -0.321. The van der Waals surface area contributed by atoms with Crippen LogP contribution in [-0.4, -0.2) is 43.6 Å². The summed E-state index contributed by atoms with van der Waals surface area (Å²) in [6.07, 6.45) is 2.93. The number of pyridine rings is 1. The summed E-state index contributed by atoms with van der Waals surface area (Å²) in [5.41, 5.74) is 1.64. The first kappa shape index (κ1) is 21.2. The summed E-state index contributed by atoms with van der Waals surface area (Å²) >= 11 is 0. The summed E-state index contributed by atoms with van der Waals surface area (Å²) in [6.45, 7) is 4.36. The van der Waals surface area contributed by atoms with Crippen molar-refractivity contribution in [3.8, 4) is 11.5 Å². The number of amides is 2. The number of benzene rings is 1. The van der Waals surface area contributed by atoms with Crippen LogP contribution in [0.3, 0.4) is 0 Å². The zero-order valence-electron chi connectivity index (χ0n) is 16.7. The molecule has 0 fully saturated rings. The van der Waals surface area contributed by atoms with Crippen LogP contribution in [0.4, 0.5) is 0 Å². The number of ether oxygens (including phenoxy) is 2. The maximum atomic E-state index is 12.4. The van der Waals surface area contributed by atoms with Gasteiger partial charge in [-0.15, -0.1) is 0 Å². The van der Waals surface area contributed by atoms with E-state index in [0.717, 1.165) is 12.0 Å². The molecule has 1 heterocycles. The van der Waals surface area contributed by atoms with E-state index in [1.54, 1.807) is 20.3 Å². The highest BCUT2D eigenvalue weighted by Crippen LogP contribution is 2.27. The van der Waals surface area contributed by atoms with Crippen molar-refractivity contribution in [1.82, 2.24) is 15.6 Å². The van der Waals surface area contributed by atoms with Crippen molar-refractivity contribution >= 4 is 11.8 Å². The Bertz CT molecular complexity index is 823. The maximum absolute atomic E-state index is 12.4. The molecule has 28 heavy (non-hydrogen) atoms. The fraction of sp³-hybridized carbons (Fsp3) is 0.381. The first-order chi connectivity index (χ1) is 13.5. The van der Waals surface area contributed by atoms with Crippen molar-refractivity contribution < 1.29 is 19.1 Å². The molecule has 2 N–H and O–H groups in total. The molecule has 150 valence electrons. The van der Waals surface area contributed by atoms with Gasteiger partial charge in [0.2, 0.25) is 0 Å². The minimum absolute atomic E-state index is 0.0689. The first-order valence-electron chi connectivity index (χ1n) is 9.24. The Labute approximate surface area is 165 Å². The highest BCUT2D eigenvalue weighted by Gasteiger charge is 2.13. The van der Waals surface area contributed by atoms with Crippen LogP contribution < -0.4 is 20.1 Å². The molecule has 7 nitrogen and oxygen atoms in total. The molecular weight excluding hydrogens is 358 g/mol. The number of hydrogen-bond donors (Lipinski definition) is 2. The number of carbonyl (C=O) groups excluding carboxylic acids is 2. The Kier molecular flexibility index (Phi) is 7.80. The van der Waals surface area contributed by atoms with Gasteiger partial charge in [0.25, 0.3) is 11.8 Å². The Morgan fingerprint density at radius 2 is 1.82 bits per heavy atom. The van der Waals surface area contributed by atoms with Crippen LogP contribution in [0.15, 0.2) is 36.5 Å². The van der Waals surface area contributed by atoms with E-state index in [9.17, 15) is 9.59 Å². The molecule has 2 aromatic rings. The van der Waals surface area contributed by atoms with Gasteiger partial charge in [0.15, 0.2) is 11.5 Å². The van der Waals surface area contributed by atoms with Crippen molar-refractivity contribution in [2.45, 2.75) is 32.7 Å². The average molecular weight is 385 g/mol. The van der Waals surface area contributed by atoms with Gasteiger partial charge in [-0.25, -0.2) is 0 Å². The zero-order valence-corrected chi connectivity index (χ0v) is 16.7. The number of methoxy groups -OCH3 is 2. The van der Waals surface area contributed by atoms with Gasteiger partial charge in [0.1, 0.15) is 5.69 Å². The van der Waals surface area contributed by atoms with E-state index in [-0.39, 0.29) is 23.6 Å². The summed E-state index contributed by atoms with van der Waals surface area (Å²) in [4.78, 5) is 28.6. The van der Waals surface area contributed by atoms with Gasteiger partial charge in [-0.2, -0.15) is 0 Å². The number of carbonyl (C=O) groups is 2. The lowest BCUT2D eigenvalue weighted by Crippen LogP contribution is -2.32. The number of aromatic nitrogens is 1. The Morgan fingerprint density at radius 3 is 2.50 bits per heavy atom. The molecule has 2 rings (SSSR count). The summed E-state index contributed by atoms with van der Waals surface area (Å²) in [7, 11) is 3.17. The predicted octanol–water partition coefficient (Wildman–Crippen LogP) is 2.60. The smallest absolute Gasteiger partial charge is 0.269 e. The van der Waals surface area contributed by atoms with Gasteiger partial charge in [-0.05, 0) is 49.6 Å². The quantitative estimate of drug-likeness (QED) is 0.693. The van der Waals surface area contributed by atoms with Crippen LogP contribution in [0.25, 0.3) is 0 Å². The van der Waals surface area contributed by atoms with E-state index in [4.69, 9.17) is 9.47 Å². The summed E-state index contributed by atoms with van der Waals surface area (Å²) in [6, 6.07) is 8.80. The van der Waals surface area contributed by atoms with E-state index in [1.165, 1.54) is 12.3 Å². The molecule has 1 aromatic heterocycles. The van der Waals surface area contributed by atoms with E-state index < -0.39 is 0 Å². The molecule has 0 aliphatic heterocycles. The minimum Gasteiger partial charge on any atom is -0.493 e. The summed E-state index contributed by atoms with van der Waals surface area (Å²) in [5, 5.41) is 5.70. The second-order valence-corrected chi connectivity index (χ2v) is 6.41. The summed E-state index contributed by atoms with van der Waals surface area (Å²) in [5.74, 6) is 0.773. The normalized spacial score (nSPS) is 11.4. The monoisotopic (exact) mass is 385 g/mol. The van der Waals surface area contributed by atoms with Gasteiger partial charge >= 0.3 is 0 Å². The van der Waals surface area contributed by atoms with Crippen molar-refractivity contribution in [3.63, 3.8) is 0 Å². The predicted molar refractivity (Wildman–Crippen MR) is 107 cm³/mol. The Balaban J connectivity index is 1.95. The molecule has 0 aliphatic carbocycles. The Morgan fingerprint density at radius 1 is 1.07 bits per heavy atom. The van der Waals surface area contributed by atoms with Gasteiger partial charge < -0.3 is 20.1 Å². The van der Waals surface area contributed by atoms with Crippen molar-refractivity contribution in [2.24, 2.45) is 0 Å². The second kappa shape index (κ2) is 10.3. The maximum Gasteiger partial charge on any atom is 0.269 e. The molecule has 0 saturated carbocycles. The first-order valence-corrected chi connectivity index (χ1v) is 9.24. The molecule has 7 heteroatoms. The van der Waals surface area contributed by atoms with Gasteiger partial charge in [0.05, 0.1) is 14.2 Å². The van der Waals surface area contributed by atoms with Crippen molar-refractivity contribution in [1.29, 1.82) is 0 Å². The van der Waals surface area contributed by atoms with Crippen LogP contribution in [0.1, 0.15) is 46.7 Å². The molecule has 0 radical (unpaired) electrons. The lowest BCUT2D eigenvalue weighted by molar-refractivity contribution is 0.0939. The molecule has 0 bridgehead atoms. The van der Waals surface area contributed by atoms with E-state index in [1.807, 2.05) is 32.0 Å². The van der Waals surface area contributed by atoms with Crippen LogP contribution in [0, 0.1) is 0 Å². The molecule has 0 aliphatic rings.